The van der Waals surface area contributed by atoms with Crippen LogP contribution in [0.2, 0.25) is 0 Å². The fourth-order valence-electron chi connectivity index (χ4n) is 1.89. The third-order valence-corrected chi connectivity index (χ3v) is 2.88. The van der Waals surface area contributed by atoms with Crippen LogP contribution in [-0.4, -0.2) is 55.6 Å². The molecule has 0 radical (unpaired) electrons. The molecule has 0 aliphatic carbocycles. The molecule has 9 heteroatoms. The van der Waals surface area contributed by atoms with Crippen LogP contribution in [0.4, 0.5) is 5.82 Å². The number of ether oxygens (including phenoxy) is 1. The van der Waals surface area contributed by atoms with Gasteiger partial charge >= 0.3 is 0 Å². The van der Waals surface area contributed by atoms with Gasteiger partial charge < -0.3 is 31.5 Å². The molecule has 4 unspecified atom stereocenters. The summed E-state index contributed by atoms with van der Waals surface area (Å²) in [7, 11) is 0. The van der Waals surface area contributed by atoms with Crippen molar-refractivity contribution in [1.82, 2.24) is 9.55 Å². The lowest BCUT2D eigenvalue weighted by Crippen LogP contribution is -2.33. The molecular formula is C9H15N5O4. The monoisotopic (exact) mass is 257 g/mol. The maximum Gasteiger partial charge on any atom is 0.165 e. The van der Waals surface area contributed by atoms with Gasteiger partial charge in [0.25, 0.3) is 0 Å². The zero-order valence-electron chi connectivity index (χ0n) is 9.39. The zero-order chi connectivity index (χ0) is 13.4. The SMILES string of the molecule is N=C(N)c1ncn(C2OC(CO)C(O)C2O)c1N. The number of anilines is 1. The number of nitrogen functional groups attached to an aromatic ring is 2. The van der Waals surface area contributed by atoms with E-state index < -0.39 is 31.1 Å². The summed E-state index contributed by atoms with van der Waals surface area (Å²) in [6, 6.07) is 0. The molecule has 1 aromatic rings. The largest absolute Gasteiger partial charge is 0.394 e. The van der Waals surface area contributed by atoms with Gasteiger partial charge in [0.2, 0.25) is 0 Å². The summed E-state index contributed by atoms with van der Waals surface area (Å²) in [5.74, 6) is -0.254. The summed E-state index contributed by atoms with van der Waals surface area (Å²) in [4.78, 5) is 3.82. The van der Waals surface area contributed by atoms with Crippen LogP contribution in [0.1, 0.15) is 11.9 Å². The molecule has 1 saturated heterocycles. The minimum atomic E-state index is -1.25. The van der Waals surface area contributed by atoms with E-state index >= 15 is 0 Å². The summed E-state index contributed by atoms with van der Waals surface area (Å²) in [5, 5.41) is 35.7. The van der Waals surface area contributed by atoms with E-state index in [0.29, 0.717) is 0 Å². The van der Waals surface area contributed by atoms with E-state index in [1.54, 1.807) is 0 Å². The van der Waals surface area contributed by atoms with Gasteiger partial charge in [-0.3, -0.25) is 9.98 Å². The molecule has 2 heterocycles. The third-order valence-electron chi connectivity index (χ3n) is 2.88. The van der Waals surface area contributed by atoms with Gasteiger partial charge in [-0.15, -0.1) is 0 Å². The van der Waals surface area contributed by atoms with Crippen LogP contribution in [0, 0.1) is 5.41 Å². The fourth-order valence-corrected chi connectivity index (χ4v) is 1.89. The highest BCUT2D eigenvalue weighted by Gasteiger charge is 2.44. The second-order valence-corrected chi connectivity index (χ2v) is 4.03. The molecule has 0 aromatic carbocycles. The van der Waals surface area contributed by atoms with Crippen LogP contribution >= 0.6 is 0 Å². The Morgan fingerprint density at radius 2 is 2.17 bits per heavy atom. The summed E-state index contributed by atoms with van der Waals surface area (Å²) >= 11 is 0. The molecule has 2 rings (SSSR count). The highest BCUT2D eigenvalue weighted by atomic mass is 16.6. The molecule has 4 atom stereocenters. The number of aliphatic hydroxyl groups is 3. The first-order valence-corrected chi connectivity index (χ1v) is 5.26. The van der Waals surface area contributed by atoms with Crippen LogP contribution < -0.4 is 11.5 Å². The van der Waals surface area contributed by atoms with Gasteiger partial charge in [0.15, 0.2) is 6.23 Å². The van der Waals surface area contributed by atoms with Gasteiger partial charge in [-0.25, -0.2) is 4.98 Å². The lowest BCUT2D eigenvalue weighted by Gasteiger charge is -2.17. The number of nitrogens with zero attached hydrogens (tertiary/aromatic N) is 2. The highest BCUT2D eigenvalue weighted by Crippen LogP contribution is 2.31. The van der Waals surface area contributed by atoms with Crippen molar-refractivity contribution in [3.63, 3.8) is 0 Å². The van der Waals surface area contributed by atoms with Gasteiger partial charge in [0.1, 0.15) is 35.7 Å². The van der Waals surface area contributed by atoms with E-state index in [1.807, 2.05) is 0 Å². The van der Waals surface area contributed by atoms with Crippen molar-refractivity contribution >= 4 is 11.7 Å². The lowest BCUT2D eigenvalue weighted by atomic mass is 10.1. The van der Waals surface area contributed by atoms with E-state index in [2.05, 4.69) is 4.98 Å². The quantitative estimate of drug-likeness (QED) is 0.254. The minimum absolute atomic E-state index is 0.0531. The molecule has 0 saturated carbocycles. The highest BCUT2D eigenvalue weighted by molar-refractivity contribution is 5.97. The second-order valence-electron chi connectivity index (χ2n) is 4.03. The van der Waals surface area contributed by atoms with E-state index in [1.165, 1.54) is 10.9 Å². The van der Waals surface area contributed by atoms with Crippen LogP contribution in [0.25, 0.3) is 0 Å². The molecule has 0 bridgehead atoms. The number of aliphatic hydroxyl groups excluding tert-OH is 3. The molecule has 9 nitrogen and oxygen atoms in total. The molecular weight excluding hydrogens is 242 g/mol. The topological polar surface area (TPSA) is 164 Å². The maximum atomic E-state index is 9.81. The lowest BCUT2D eigenvalue weighted by molar-refractivity contribution is -0.0518. The van der Waals surface area contributed by atoms with Gasteiger partial charge in [-0.2, -0.15) is 0 Å². The number of hydrogen-bond acceptors (Lipinski definition) is 7. The van der Waals surface area contributed by atoms with E-state index in [-0.39, 0.29) is 17.3 Å². The standard InChI is InChI=1S/C9H15N5O4/c10-7(11)4-8(12)14(2-13-4)9-6(17)5(16)3(1-15)18-9/h2-3,5-6,9,15-17H,1,12H2,(H3,10,11). The summed E-state index contributed by atoms with van der Waals surface area (Å²) < 4.78 is 6.54. The predicted octanol–water partition coefficient (Wildman–Crippen LogP) is -2.64. The van der Waals surface area contributed by atoms with Crippen molar-refractivity contribution in [3.05, 3.63) is 12.0 Å². The van der Waals surface area contributed by atoms with Crippen LogP contribution in [0.15, 0.2) is 6.33 Å². The number of hydrogen-bond donors (Lipinski definition) is 6. The van der Waals surface area contributed by atoms with Crippen LogP contribution in [0.5, 0.6) is 0 Å². The molecule has 1 aromatic heterocycles. The minimum Gasteiger partial charge on any atom is -0.394 e. The number of rotatable bonds is 3. The average molecular weight is 257 g/mol. The van der Waals surface area contributed by atoms with Crippen molar-refractivity contribution in [2.75, 3.05) is 12.3 Å². The molecule has 0 amide bonds. The molecule has 0 spiro atoms. The molecule has 1 aliphatic heterocycles. The number of imidazole rings is 1. The molecule has 100 valence electrons. The smallest absolute Gasteiger partial charge is 0.165 e. The Morgan fingerprint density at radius 3 is 2.61 bits per heavy atom. The first-order valence-electron chi connectivity index (χ1n) is 5.26. The van der Waals surface area contributed by atoms with Gasteiger partial charge in [0.05, 0.1) is 12.9 Å². The second kappa shape index (κ2) is 4.53. The third kappa shape index (κ3) is 1.82. The van der Waals surface area contributed by atoms with Crippen molar-refractivity contribution in [1.29, 1.82) is 5.41 Å². The average Bonchev–Trinajstić information content (AvgIpc) is 2.82. The Kier molecular flexibility index (Phi) is 3.22. The number of aromatic nitrogens is 2. The van der Waals surface area contributed by atoms with Crippen LogP contribution in [0.3, 0.4) is 0 Å². The predicted molar refractivity (Wildman–Crippen MR) is 60.7 cm³/mol. The van der Waals surface area contributed by atoms with Crippen molar-refractivity contribution in [3.8, 4) is 0 Å². The zero-order valence-corrected chi connectivity index (χ0v) is 9.39. The Bertz CT molecular complexity index is 462. The molecule has 8 N–H and O–H groups in total. The number of nitrogens with one attached hydrogen (secondary N) is 1. The van der Waals surface area contributed by atoms with Crippen molar-refractivity contribution < 1.29 is 20.1 Å². The molecule has 1 aliphatic rings. The maximum absolute atomic E-state index is 9.81. The van der Waals surface area contributed by atoms with E-state index in [9.17, 15) is 10.2 Å². The van der Waals surface area contributed by atoms with Crippen molar-refractivity contribution in [2.45, 2.75) is 24.5 Å². The molecule has 18 heavy (non-hydrogen) atoms. The fraction of sp³-hybridized carbons (Fsp3) is 0.556. The van der Waals surface area contributed by atoms with Gasteiger partial charge in [-0.05, 0) is 0 Å². The number of amidine groups is 1. The Morgan fingerprint density at radius 1 is 1.50 bits per heavy atom. The van der Waals surface area contributed by atoms with Gasteiger partial charge in [0, 0.05) is 0 Å². The Hall–Kier alpha value is -1.68. The Balaban J connectivity index is 2.30. The van der Waals surface area contributed by atoms with Crippen molar-refractivity contribution in [2.24, 2.45) is 5.73 Å². The number of nitrogens with two attached hydrogens (primary N) is 2. The Labute approximate surface area is 102 Å². The first kappa shape index (κ1) is 12.8. The summed E-state index contributed by atoms with van der Waals surface area (Å²) in [5.41, 5.74) is 11.1. The normalized spacial score (nSPS) is 31.7. The van der Waals surface area contributed by atoms with E-state index in [4.69, 9.17) is 26.7 Å². The molecule has 1 fully saturated rings. The van der Waals surface area contributed by atoms with E-state index in [0.717, 1.165) is 0 Å². The summed E-state index contributed by atoms with van der Waals surface area (Å²) in [6.07, 6.45) is -3.08. The summed E-state index contributed by atoms with van der Waals surface area (Å²) in [6.45, 7) is -0.428. The van der Waals surface area contributed by atoms with Crippen LogP contribution in [-0.2, 0) is 4.74 Å². The van der Waals surface area contributed by atoms with Gasteiger partial charge in [-0.1, -0.05) is 0 Å². The first-order chi connectivity index (χ1) is 8.47.